The van der Waals surface area contributed by atoms with Crippen molar-refractivity contribution in [1.82, 2.24) is 9.99 Å². The van der Waals surface area contributed by atoms with Gasteiger partial charge >= 0.3 is 19.6 Å². The van der Waals surface area contributed by atoms with E-state index in [0.29, 0.717) is 96.1 Å². The van der Waals surface area contributed by atoms with Crippen LogP contribution in [0.1, 0.15) is 38.3 Å². The van der Waals surface area contributed by atoms with Crippen LogP contribution in [0.5, 0.6) is 5.75 Å². The molecular weight excluding hydrogens is 944 g/mol. The maximum atomic E-state index is 14.2. The fourth-order valence-corrected chi connectivity index (χ4v) is 7.77. The molecular formula is C49H71N6O15P. The number of methoxy groups -OCH3 is 1. The van der Waals surface area contributed by atoms with Gasteiger partial charge in [-0.1, -0.05) is 77.4 Å². The number of nitrogens with one attached hydrogen (secondary N) is 2. The summed E-state index contributed by atoms with van der Waals surface area (Å²) < 4.78 is 75.2. The second-order valence-electron chi connectivity index (χ2n) is 15.6. The lowest BCUT2D eigenvalue weighted by molar-refractivity contribution is -0.146. The molecule has 392 valence electrons. The molecule has 3 rings (SSSR count). The second-order valence-corrected chi connectivity index (χ2v) is 17.8. The van der Waals surface area contributed by atoms with Crippen LogP contribution in [0.2, 0.25) is 0 Å². The number of amides is 2. The van der Waals surface area contributed by atoms with Gasteiger partial charge in [-0.25, -0.2) is 9.88 Å². The van der Waals surface area contributed by atoms with E-state index in [1.807, 2.05) is 49.4 Å². The number of hydrogen-bond acceptors (Lipinski definition) is 16. The monoisotopic (exact) mass is 1010 g/mol. The molecule has 0 saturated heterocycles. The fourth-order valence-electron chi connectivity index (χ4n) is 5.87. The van der Waals surface area contributed by atoms with E-state index < -0.39 is 37.6 Å². The maximum Gasteiger partial charge on any atom is 0.412 e. The number of hydrogen-bond donors (Lipinski definition) is 2. The first-order valence-corrected chi connectivity index (χ1v) is 25.2. The minimum Gasteiger partial charge on any atom is -0.460 e. The summed E-state index contributed by atoms with van der Waals surface area (Å²) in [6.07, 6.45) is 1.59. The van der Waals surface area contributed by atoms with Crippen LogP contribution in [0.4, 0.5) is 10.5 Å². The van der Waals surface area contributed by atoms with Gasteiger partial charge in [0.1, 0.15) is 37.8 Å². The van der Waals surface area contributed by atoms with Crippen molar-refractivity contribution in [3.8, 4) is 5.75 Å². The molecule has 2 N–H and O–H groups in total. The molecule has 0 bridgehead atoms. The summed E-state index contributed by atoms with van der Waals surface area (Å²) in [6.45, 7) is 10.5. The summed E-state index contributed by atoms with van der Waals surface area (Å²) in [5, 5.41) is 8.96. The summed E-state index contributed by atoms with van der Waals surface area (Å²) in [6, 6.07) is 22.8. The van der Waals surface area contributed by atoms with Gasteiger partial charge in [0.15, 0.2) is 0 Å². The third-order valence-electron chi connectivity index (χ3n) is 9.70. The first-order valence-electron chi connectivity index (χ1n) is 23.4. The average molecular weight is 1020 g/mol. The molecule has 0 aliphatic heterocycles. The predicted octanol–water partition coefficient (Wildman–Crippen LogP) is 7.31. The van der Waals surface area contributed by atoms with E-state index in [1.165, 1.54) is 11.8 Å². The largest absolute Gasteiger partial charge is 0.460 e. The van der Waals surface area contributed by atoms with E-state index in [1.54, 1.807) is 62.6 Å². The number of nitrogens with zero attached hydrogens (tertiary/aromatic N) is 4. The number of carbonyl (C=O) groups excluding carboxylic acids is 3. The van der Waals surface area contributed by atoms with Crippen LogP contribution in [0.25, 0.3) is 10.4 Å². The number of ether oxygens (including phenoxy) is 10. The van der Waals surface area contributed by atoms with E-state index in [9.17, 15) is 18.9 Å². The third kappa shape index (κ3) is 28.3. The quantitative estimate of drug-likeness (QED) is 0.00828. The van der Waals surface area contributed by atoms with Crippen molar-refractivity contribution in [3.63, 3.8) is 0 Å². The lowest BCUT2D eigenvalue weighted by Gasteiger charge is -2.23. The van der Waals surface area contributed by atoms with Gasteiger partial charge in [0.25, 0.3) is 0 Å². The van der Waals surface area contributed by atoms with Crippen LogP contribution in [0.15, 0.2) is 102 Å². The lowest BCUT2D eigenvalue weighted by Crippen LogP contribution is -2.36. The molecule has 0 saturated carbocycles. The van der Waals surface area contributed by atoms with Crippen LogP contribution >= 0.6 is 7.52 Å². The average Bonchev–Trinajstić information content (AvgIpc) is 3.37. The minimum absolute atomic E-state index is 0.0590. The fraction of sp³-hybridized carbons (Fsp3) is 0.531. The van der Waals surface area contributed by atoms with Gasteiger partial charge in [-0.15, -0.1) is 0 Å². The first kappa shape index (κ1) is 59.9. The molecule has 1 unspecified atom stereocenters. The highest BCUT2D eigenvalue weighted by Gasteiger charge is 2.30. The normalized spacial score (nSPS) is 13.0. The lowest BCUT2D eigenvalue weighted by atomic mass is 10.2. The number of esters is 1. The van der Waals surface area contributed by atoms with Gasteiger partial charge in [0, 0.05) is 24.3 Å². The molecule has 3 aromatic carbocycles. The van der Waals surface area contributed by atoms with Crippen molar-refractivity contribution in [1.29, 1.82) is 0 Å². The molecule has 0 fully saturated rings. The zero-order valence-electron chi connectivity index (χ0n) is 41.3. The molecule has 22 heteroatoms. The summed E-state index contributed by atoms with van der Waals surface area (Å²) in [7, 11) is -2.00. The Labute approximate surface area is 416 Å². The Morgan fingerprint density at radius 1 is 0.704 bits per heavy atom. The van der Waals surface area contributed by atoms with Crippen LogP contribution < -0.4 is 14.9 Å². The third-order valence-corrected chi connectivity index (χ3v) is 11.8. The van der Waals surface area contributed by atoms with E-state index in [2.05, 4.69) is 20.4 Å². The Bertz CT molecular complexity index is 2050. The highest BCUT2D eigenvalue weighted by atomic mass is 31.2. The number of rotatable bonds is 40. The number of anilines is 1. The van der Waals surface area contributed by atoms with Crippen molar-refractivity contribution in [3.05, 3.63) is 118 Å². The predicted molar refractivity (Wildman–Crippen MR) is 265 cm³/mol. The van der Waals surface area contributed by atoms with Gasteiger partial charge in [-0.2, -0.15) is 0 Å². The standard InChI is InChI=1S/C49H71N6O15P/c1-40(12-11-35-71(59,70-46-15-9-6-10-16-46)53-42(3)48(57)68-37-43-13-7-5-8-14-43)36-67-39-55(49(58)69-38-44-17-19-45(20-18-44)51-47(56)41(2)52-54-50)21-22-61-25-26-63-29-30-65-33-34-66-32-31-64-28-27-62-24-23-60-4/h5-10,12-20,41-42H,11,21-39H2,1-4H3,(H,51,56)(H,53,59)/b40-12+/t41-,42-,71?/m0/s1. The summed E-state index contributed by atoms with van der Waals surface area (Å²) in [4.78, 5) is 42.5. The summed E-state index contributed by atoms with van der Waals surface area (Å²) in [5.41, 5.74) is 11.4. The molecule has 71 heavy (non-hydrogen) atoms. The van der Waals surface area contributed by atoms with E-state index in [-0.39, 0.29) is 52.5 Å². The van der Waals surface area contributed by atoms with Crippen molar-refractivity contribution < 1.29 is 70.8 Å². The smallest absolute Gasteiger partial charge is 0.412 e. The van der Waals surface area contributed by atoms with Crippen molar-refractivity contribution >= 4 is 31.2 Å². The molecule has 0 aliphatic carbocycles. The van der Waals surface area contributed by atoms with Gasteiger partial charge in [-0.3, -0.25) is 19.1 Å². The molecule has 2 amide bonds. The molecule has 3 atom stereocenters. The molecule has 0 aliphatic rings. The van der Waals surface area contributed by atoms with Gasteiger partial charge < -0.3 is 57.2 Å². The Balaban J connectivity index is 1.46. The van der Waals surface area contributed by atoms with Crippen molar-refractivity contribution in [2.75, 3.05) is 124 Å². The Morgan fingerprint density at radius 2 is 1.23 bits per heavy atom. The summed E-state index contributed by atoms with van der Waals surface area (Å²) >= 11 is 0. The molecule has 3 aromatic rings. The van der Waals surface area contributed by atoms with Gasteiger partial charge in [0.05, 0.1) is 98.7 Å². The van der Waals surface area contributed by atoms with Crippen LogP contribution in [-0.4, -0.2) is 154 Å². The highest BCUT2D eigenvalue weighted by Crippen LogP contribution is 2.44. The molecule has 21 nitrogen and oxygen atoms in total. The van der Waals surface area contributed by atoms with Crippen LogP contribution in [0, 0.1) is 0 Å². The highest BCUT2D eigenvalue weighted by molar-refractivity contribution is 7.57. The van der Waals surface area contributed by atoms with Crippen LogP contribution in [0.3, 0.4) is 0 Å². The van der Waals surface area contributed by atoms with E-state index >= 15 is 0 Å². The second kappa shape index (κ2) is 37.4. The number of carbonyl (C=O) groups is 3. The van der Waals surface area contributed by atoms with Crippen LogP contribution in [-0.2, 0) is 74.7 Å². The maximum absolute atomic E-state index is 14.2. The number of azide groups is 1. The minimum atomic E-state index is -3.63. The molecule has 0 spiro atoms. The molecule has 0 radical (unpaired) electrons. The van der Waals surface area contributed by atoms with Crippen molar-refractivity contribution in [2.24, 2.45) is 5.11 Å². The zero-order valence-corrected chi connectivity index (χ0v) is 42.2. The molecule has 0 aromatic heterocycles. The van der Waals surface area contributed by atoms with Gasteiger partial charge in [-0.05, 0) is 68.1 Å². The summed E-state index contributed by atoms with van der Waals surface area (Å²) in [5.74, 6) is -0.645. The van der Waals surface area contributed by atoms with E-state index in [0.717, 1.165) is 11.1 Å². The zero-order chi connectivity index (χ0) is 51.2. The molecule has 0 heterocycles. The Morgan fingerprint density at radius 3 is 1.79 bits per heavy atom. The Kier molecular flexibility index (Phi) is 31.5. The van der Waals surface area contributed by atoms with Gasteiger partial charge in [0.2, 0.25) is 5.91 Å². The van der Waals surface area contributed by atoms with E-state index in [4.69, 9.17) is 57.4 Å². The first-order chi connectivity index (χ1) is 34.5. The number of benzene rings is 3. The van der Waals surface area contributed by atoms with Crippen molar-refractivity contribution in [2.45, 2.75) is 52.5 Å². The topological polar surface area (TPSA) is 246 Å². The SMILES string of the molecule is COCCOCCOCCOCCOCCOCCOCCN(COC/C(C)=C/CCP(=O)(N[C@@H](C)C(=O)OCc1ccccc1)Oc1ccccc1)C(=O)OCc1ccc(NC(=O)[C@H](C)N=[N+]=[N-])cc1. The number of para-hydroxylation sites is 1. The number of allylic oxidation sites excluding steroid dienone is 1. The Hall–Kier alpha value is -5.41.